The van der Waals surface area contributed by atoms with Crippen LogP contribution in [0, 0.1) is 0 Å². The molecule has 2 aromatic carbocycles. The molecule has 0 aliphatic heterocycles. The first kappa shape index (κ1) is 15.4. The highest BCUT2D eigenvalue weighted by molar-refractivity contribution is 9.09. The molecular weight excluding hydrogens is 359 g/mol. The van der Waals surface area contributed by atoms with Crippen LogP contribution in [0.1, 0.15) is 11.1 Å². The zero-order valence-electron chi connectivity index (χ0n) is 10.7. The maximum atomic E-state index is 6.07. The van der Waals surface area contributed by atoms with Gasteiger partial charge in [0.2, 0.25) is 0 Å². The Hall–Kier alpha value is -0.960. The number of alkyl halides is 1. The van der Waals surface area contributed by atoms with Crippen molar-refractivity contribution in [2.45, 2.75) is 0 Å². The molecule has 2 aromatic rings. The van der Waals surface area contributed by atoms with Crippen LogP contribution in [-0.4, -0.2) is 11.9 Å². The Labute approximate surface area is 137 Å². The third kappa shape index (κ3) is 4.27. The van der Waals surface area contributed by atoms with Gasteiger partial charge in [0.25, 0.3) is 0 Å². The minimum Gasteiger partial charge on any atom is -0.500 e. The highest BCUT2D eigenvalue weighted by Gasteiger charge is 2.07. The van der Waals surface area contributed by atoms with Crippen molar-refractivity contribution >= 4 is 44.7 Å². The zero-order chi connectivity index (χ0) is 14.4. The lowest BCUT2D eigenvalue weighted by Gasteiger charge is -2.10. The zero-order valence-corrected chi connectivity index (χ0v) is 13.8. The first-order chi connectivity index (χ1) is 9.70. The van der Waals surface area contributed by atoms with Gasteiger partial charge in [0.1, 0.15) is 0 Å². The van der Waals surface area contributed by atoms with Gasteiger partial charge in [-0.3, -0.25) is 0 Å². The number of ether oxygens (including phenoxy) is 1. The highest BCUT2D eigenvalue weighted by Crippen LogP contribution is 2.27. The largest absolute Gasteiger partial charge is 0.500 e. The van der Waals surface area contributed by atoms with E-state index in [0.29, 0.717) is 16.7 Å². The predicted molar refractivity (Wildman–Crippen MR) is 89.7 cm³/mol. The van der Waals surface area contributed by atoms with Crippen LogP contribution in [0.3, 0.4) is 0 Å². The van der Waals surface area contributed by atoms with Crippen molar-refractivity contribution in [2.75, 3.05) is 11.9 Å². The van der Waals surface area contributed by atoms with Gasteiger partial charge in [0.15, 0.2) is 0 Å². The minimum atomic E-state index is 0.602. The molecular formula is C16H13BrCl2O. The van der Waals surface area contributed by atoms with E-state index in [4.69, 9.17) is 27.9 Å². The number of hydrogen-bond acceptors (Lipinski definition) is 1. The predicted octanol–water partition coefficient (Wildman–Crippen LogP) is 5.79. The van der Waals surface area contributed by atoms with Crippen molar-refractivity contribution in [3.63, 3.8) is 0 Å². The van der Waals surface area contributed by atoms with Gasteiger partial charge in [-0.25, -0.2) is 0 Å². The molecule has 0 aliphatic rings. The van der Waals surface area contributed by atoms with E-state index < -0.39 is 0 Å². The van der Waals surface area contributed by atoms with E-state index in [0.717, 1.165) is 22.0 Å². The van der Waals surface area contributed by atoms with Gasteiger partial charge in [0.05, 0.1) is 12.9 Å². The summed E-state index contributed by atoms with van der Waals surface area (Å²) in [6.07, 6.45) is 1.75. The van der Waals surface area contributed by atoms with Crippen LogP contribution in [0.5, 0.6) is 0 Å². The summed E-state index contributed by atoms with van der Waals surface area (Å²) < 4.78 is 5.54. The average molecular weight is 372 g/mol. The number of halogens is 3. The summed E-state index contributed by atoms with van der Waals surface area (Å²) in [6.45, 7) is 0.602. The Balaban J connectivity index is 2.42. The van der Waals surface area contributed by atoms with Gasteiger partial charge in [-0.1, -0.05) is 63.4 Å². The molecule has 4 heteroatoms. The summed E-state index contributed by atoms with van der Waals surface area (Å²) in [4.78, 5) is 0. The van der Waals surface area contributed by atoms with Crippen LogP contribution in [-0.2, 0) is 4.74 Å². The monoisotopic (exact) mass is 370 g/mol. The summed E-state index contributed by atoms with van der Waals surface area (Å²) >= 11 is 15.5. The first-order valence-electron chi connectivity index (χ1n) is 6.10. The van der Waals surface area contributed by atoms with Crippen molar-refractivity contribution in [1.29, 1.82) is 0 Å². The molecule has 0 unspecified atom stereocenters. The van der Waals surface area contributed by atoms with E-state index in [-0.39, 0.29) is 0 Å². The van der Waals surface area contributed by atoms with Crippen molar-refractivity contribution < 1.29 is 4.74 Å². The van der Waals surface area contributed by atoms with E-state index in [1.165, 1.54) is 0 Å². The van der Waals surface area contributed by atoms with Crippen LogP contribution in [0.2, 0.25) is 10.0 Å². The molecule has 0 amide bonds. The highest BCUT2D eigenvalue weighted by atomic mass is 79.9. The maximum Gasteiger partial charge on any atom is 0.0970 e. The first-order valence-corrected chi connectivity index (χ1v) is 7.98. The molecule has 0 aliphatic carbocycles. The minimum absolute atomic E-state index is 0.602. The second-order valence-electron chi connectivity index (χ2n) is 4.11. The molecule has 1 nitrogen and oxygen atoms in total. The van der Waals surface area contributed by atoms with E-state index in [2.05, 4.69) is 15.9 Å². The smallest absolute Gasteiger partial charge is 0.0970 e. The standard InChI is InChI=1S/C16H13BrCl2O/c17-7-8-20-11-16(12-3-1-5-14(18)9-12)13-4-2-6-15(19)10-13/h1-6,9-11H,7-8H2. The summed E-state index contributed by atoms with van der Waals surface area (Å²) in [5.41, 5.74) is 2.94. The molecule has 0 radical (unpaired) electrons. The Morgan fingerprint density at radius 3 is 2.00 bits per heavy atom. The van der Waals surface area contributed by atoms with Crippen molar-refractivity contribution in [3.05, 3.63) is 76.0 Å². The van der Waals surface area contributed by atoms with Gasteiger partial charge in [-0.15, -0.1) is 0 Å². The van der Waals surface area contributed by atoms with Crippen molar-refractivity contribution in [1.82, 2.24) is 0 Å². The molecule has 0 aromatic heterocycles. The third-order valence-corrected chi connectivity index (χ3v) is 3.46. The SMILES string of the molecule is Clc1cccc(C(=COCCBr)c2cccc(Cl)c2)c1. The molecule has 2 rings (SSSR count). The average Bonchev–Trinajstić information content (AvgIpc) is 2.43. The maximum absolute atomic E-state index is 6.07. The summed E-state index contributed by atoms with van der Waals surface area (Å²) in [5, 5.41) is 2.16. The van der Waals surface area contributed by atoms with Gasteiger partial charge in [-0.2, -0.15) is 0 Å². The van der Waals surface area contributed by atoms with Crippen LogP contribution in [0.25, 0.3) is 5.57 Å². The van der Waals surface area contributed by atoms with E-state index >= 15 is 0 Å². The molecule has 0 spiro atoms. The fraction of sp³-hybridized carbons (Fsp3) is 0.125. The van der Waals surface area contributed by atoms with Gasteiger partial charge < -0.3 is 4.74 Å². The molecule has 0 atom stereocenters. The normalized spacial score (nSPS) is 10.2. The topological polar surface area (TPSA) is 9.23 Å². The molecule has 104 valence electrons. The van der Waals surface area contributed by atoms with Crippen LogP contribution < -0.4 is 0 Å². The Kier molecular flexibility index (Phi) is 5.96. The molecule has 0 saturated heterocycles. The molecule has 20 heavy (non-hydrogen) atoms. The third-order valence-electron chi connectivity index (χ3n) is 2.67. The molecule has 0 bridgehead atoms. The number of rotatable bonds is 5. The number of hydrogen-bond donors (Lipinski definition) is 0. The van der Waals surface area contributed by atoms with Gasteiger partial charge in [-0.05, 0) is 35.4 Å². The second-order valence-corrected chi connectivity index (χ2v) is 5.78. The van der Waals surface area contributed by atoms with Gasteiger partial charge >= 0.3 is 0 Å². The summed E-state index contributed by atoms with van der Waals surface area (Å²) in [5.74, 6) is 0. The molecule has 0 fully saturated rings. The second kappa shape index (κ2) is 7.72. The lowest BCUT2D eigenvalue weighted by Crippen LogP contribution is -1.93. The fourth-order valence-corrected chi connectivity index (χ4v) is 2.37. The lowest BCUT2D eigenvalue weighted by atomic mass is 9.99. The van der Waals surface area contributed by atoms with E-state index in [1.807, 2.05) is 48.5 Å². The fourth-order valence-electron chi connectivity index (χ4n) is 1.80. The Bertz CT molecular complexity index is 563. The molecule has 0 N–H and O–H groups in total. The quantitative estimate of drug-likeness (QED) is 0.367. The lowest BCUT2D eigenvalue weighted by molar-refractivity contribution is 0.275. The molecule has 0 heterocycles. The van der Waals surface area contributed by atoms with E-state index in [9.17, 15) is 0 Å². The van der Waals surface area contributed by atoms with Gasteiger partial charge in [0, 0.05) is 20.9 Å². The van der Waals surface area contributed by atoms with Crippen molar-refractivity contribution in [2.24, 2.45) is 0 Å². The summed E-state index contributed by atoms with van der Waals surface area (Å²) in [7, 11) is 0. The van der Waals surface area contributed by atoms with Crippen molar-refractivity contribution in [3.8, 4) is 0 Å². The number of benzene rings is 2. The van der Waals surface area contributed by atoms with Crippen LogP contribution in [0.15, 0.2) is 54.8 Å². The summed E-state index contributed by atoms with van der Waals surface area (Å²) in [6, 6.07) is 15.3. The van der Waals surface area contributed by atoms with Crippen LogP contribution >= 0.6 is 39.1 Å². The molecule has 0 saturated carbocycles. The Morgan fingerprint density at radius 2 is 1.55 bits per heavy atom. The van der Waals surface area contributed by atoms with Crippen LogP contribution in [0.4, 0.5) is 0 Å². The van der Waals surface area contributed by atoms with E-state index in [1.54, 1.807) is 6.26 Å². The Morgan fingerprint density at radius 1 is 1.00 bits per heavy atom.